The molecule has 1 saturated carbocycles. The molecule has 0 bridgehead atoms. The highest BCUT2D eigenvalue weighted by Gasteiger charge is 2.32. The number of amides is 6. The number of hydrogen-bond acceptors (Lipinski definition) is 22. The van der Waals surface area contributed by atoms with Gasteiger partial charge in [0, 0.05) is 52.5 Å². The molecule has 0 saturated heterocycles. The Labute approximate surface area is 540 Å². The van der Waals surface area contributed by atoms with Crippen molar-refractivity contribution in [1.29, 1.82) is 0 Å². The molecule has 29 heteroatoms. The van der Waals surface area contributed by atoms with Crippen LogP contribution in [-0.4, -0.2) is 108 Å². The number of aryl methyl sites for hydroxylation is 3. The molecule has 2 aromatic carbocycles. The van der Waals surface area contributed by atoms with Crippen molar-refractivity contribution in [1.82, 2.24) is 56.2 Å². The molecule has 7 aromatic heterocycles. The number of carbonyl (C=O) groups is 7. The summed E-state index contributed by atoms with van der Waals surface area (Å²) in [4.78, 5) is 129. The predicted molar refractivity (Wildman–Crippen MR) is 347 cm³/mol. The summed E-state index contributed by atoms with van der Waals surface area (Å²) in [5.74, 6) is -4.01. The number of methoxy groups -OCH3 is 1. The Morgan fingerprint density at radius 2 is 1.43 bits per heavy atom. The van der Waals surface area contributed by atoms with Crippen LogP contribution in [0.2, 0.25) is 0 Å². The number of pyridine rings is 1. The quantitative estimate of drug-likeness (QED) is 0.0310. The van der Waals surface area contributed by atoms with Crippen molar-refractivity contribution in [2.75, 3.05) is 25.6 Å². The SMILES string of the molecule is CNC(=O)C[C@H](NC(=O)c1csc(-c2ccc(-c3nc(N(C(=O)OC4CCCCC4)c4ccc(C(=O)O)cc4)cs3)nc2-c2csc(-c3csc(CCc4ccccc4)n3)n2)n1)c1nc(C(=O)NC(c2nc(C(=O)NCC(N)=O)c(COC)s2)C(C)C)c(C)s1. The standard InChI is InChI=1S/C61H61N13O10S6/c1-31(2)48(59-73-51(43(90-59)26-83-5)53(78)64-25-44(62)75)71-54(79)49-32(3)89-58(72-49)39(24-46(76)63-4)67-52(77)41-28-86-55(69-41)37-21-22-38(66-50(37)40-27-87-57(68-40)42-29-85-47(65-42)23-16-33-12-8-6-9-13-33)56-70-45(30-88-56)74(35-19-17-34(18-20-35)60(80)81)61(82)84-36-14-10-7-11-15-36/h6,8-9,12-13,17-22,27-31,36,39,48H,7,10-11,14-16,23-26H2,1-5H3,(H2,62,75)(H,63,76)(H,64,78)(H,67,77)(H,71,79)(H,80,81)/t39-,48?/m0/s1. The molecule has 1 unspecified atom stereocenters. The molecular formula is C61H61N13O10S6. The maximum atomic E-state index is 14.4. The molecular weight excluding hydrogens is 1270 g/mol. The van der Waals surface area contributed by atoms with Crippen molar-refractivity contribution in [2.45, 2.75) is 96.9 Å². The van der Waals surface area contributed by atoms with Crippen LogP contribution in [0.3, 0.4) is 0 Å². The number of aromatic carboxylic acids is 1. The highest BCUT2D eigenvalue weighted by molar-refractivity contribution is 7.15. The minimum absolute atomic E-state index is 0.0301. The fraction of sp³-hybridized carbons (Fsp3) is 0.311. The van der Waals surface area contributed by atoms with Gasteiger partial charge in [0.05, 0.1) is 58.5 Å². The van der Waals surface area contributed by atoms with Crippen molar-refractivity contribution in [3.8, 4) is 43.4 Å². The van der Waals surface area contributed by atoms with Gasteiger partial charge in [-0.25, -0.2) is 49.4 Å². The largest absolute Gasteiger partial charge is 0.478 e. The zero-order chi connectivity index (χ0) is 63.6. The molecule has 1 aliphatic rings. The first-order valence-electron chi connectivity index (χ1n) is 28.5. The van der Waals surface area contributed by atoms with Gasteiger partial charge in [-0.1, -0.05) is 50.6 Å². The van der Waals surface area contributed by atoms with E-state index < -0.39 is 60.2 Å². The Bertz CT molecular complexity index is 4070. The highest BCUT2D eigenvalue weighted by Crippen LogP contribution is 2.40. The van der Waals surface area contributed by atoms with E-state index in [4.69, 9.17) is 45.1 Å². The first-order valence-corrected chi connectivity index (χ1v) is 33.6. The third kappa shape index (κ3) is 15.5. The van der Waals surface area contributed by atoms with Crippen molar-refractivity contribution in [3.63, 3.8) is 0 Å². The van der Waals surface area contributed by atoms with Crippen molar-refractivity contribution in [3.05, 3.63) is 141 Å². The van der Waals surface area contributed by atoms with Crippen LogP contribution in [-0.2, 0) is 38.5 Å². The van der Waals surface area contributed by atoms with E-state index in [-0.39, 0.29) is 58.5 Å². The molecule has 1 fully saturated rings. The minimum atomic E-state index is -1.11. The van der Waals surface area contributed by atoms with E-state index in [1.54, 1.807) is 47.2 Å². The molecule has 7 heterocycles. The number of benzene rings is 2. The average Bonchev–Trinajstić information content (AvgIpc) is 1.82. The number of nitrogens with zero attached hydrogens (tertiary/aromatic N) is 8. The van der Waals surface area contributed by atoms with E-state index in [2.05, 4.69) is 38.4 Å². The predicted octanol–water partition coefficient (Wildman–Crippen LogP) is 11.0. The highest BCUT2D eigenvalue weighted by atomic mass is 32.1. The summed E-state index contributed by atoms with van der Waals surface area (Å²) >= 11 is 7.72. The van der Waals surface area contributed by atoms with Crippen LogP contribution in [0.5, 0.6) is 0 Å². The molecule has 7 N–H and O–H groups in total. The second-order valence-corrected chi connectivity index (χ2v) is 27.0. The molecule has 466 valence electrons. The molecule has 2 atom stereocenters. The van der Waals surface area contributed by atoms with Gasteiger partial charge in [-0.2, -0.15) is 0 Å². The molecule has 6 amide bonds. The summed E-state index contributed by atoms with van der Waals surface area (Å²) in [5.41, 5.74) is 9.62. The van der Waals surface area contributed by atoms with Crippen LogP contribution in [0.4, 0.5) is 16.3 Å². The van der Waals surface area contributed by atoms with Gasteiger partial charge < -0.3 is 41.6 Å². The average molecular weight is 1330 g/mol. The van der Waals surface area contributed by atoms with E-state index in [0.717, 1.165) is 67.0 Å². The number of primary amides is 1. The second kappa shape index (κ2) is 29.4. The third-order valence-corrected chi connectivity index (χ3v) is 20.0. The lowest BCUT2D eigenvalue weighted by atomic mass is 9.98. The van der Waals surface area contributed by atoms with Crippen molar-refractivity contribution in [2.24, 2.45) is 11.7 Å². The van der Waals surface area contributed by atoms with Gasteiger partial charge >= 0.3 is 12.1 Å². The van der Waals surface area contributed by atoms with Crippen molar-refractivity contribution < 1.29 is 48.1 Å². The Kier molecular flexibility index (Phi) is 21.0. The Hall–Kier alpha value is -8.58. The molecule has 0 aliphatic heterocycles. The lowest BCUT2D eigenvalue weighted by molar-refractivity contribution is -0.121. The number of carboxylic acid groups (broad SMARTS) is 1. The van der Waals surface area contributed by atoms with E-state index in [1.165, 1.54) is 82.1 Å². The van der Waals surface area contributed by atoms with E-state index >= 15 is 0 Å². The number of carbonyl (C=O) groups excluding carboxylic acids is 6. The zero-order valence-corrected chi connectivity index (χ0v) is 54.2. The number of nitrogens with one attached hydrogen (secondary N) is 4. The number of aromatic nitrogens is 7. The normalized spacial score (nSPS) is 13.1. The fourth-order valence-electron chi connectivity index (χ4n) is 9.70. The van der Waals surface area contributed by atoms with Crippen LogP contribution in [0, 0.1) is 12.8 Å². The van der Waals surface area contributed by atoms with Crippen LogP contribution >= 0.6 is 68.0 Å². The zero-order valence-electron chi connectivity index (χ0n) is 49.3. The lowest BCUT2D eigenvalue weighted by Gasteiger charge is -2.26. The number of ether oxygens (including phenoxy) is 2. The lowest BCUT2D eigenvalue weighted by Crippen LogP contribution is -2.34. The number of anilines is 2. The van der Waals surface area contributed by atoms with E-state index in [9.17, 15) is 38.7 Å². The summed E-state index contributed by atoms with van der Waals surface area (Å²) in [6.45, 7) is 5.11. The number of hydrogen-bond donors (Lipinski definition) is 6. The molecule has 0 radical (unpaired) electrons. The topological polar surface area (TPSA) is 326 Å². The van der Waals surface area contributed by atoms with Crippen LogP contribution in [0.1, 0.15) is 137 Å². The molecule has 1 aliphatic carbocycles. The van der Waals surface area contributed by atoms with E-state index in [0.29, 0.717) is 58.1 Å². The Morgan fingerprint density at radius 3 is 2.16 bits per heavy atom. The van der Waals surface area contributed by atoms with Crippen LogP contribution < -0.4 is 31.9 Å². The summed E-state index contributed by atoms with van der Waals surface area (Å²) in [7, 11) is 2.94. The number of nitrogens with two attached hydrogens (primary N) is 1. The molecule has 0 spiro atoms. The summed E-state index contributed by atoms with van der Waals surface area (Å²) in [5, 5.41) is 31.0. The third-order valence-electron chi connectivity index (χ3n) is 14.3. The van der Waals surface area contributed by atoms with Gasteiger partial charge in [0.1, 0.15) is 65.3 Å². The smallest absolute Gasteiger partial charge is 0.420 e. The monoisotopic (exact) mass is 1330 g/mol. The van der Waals surface area contributed by atoms with Crippen molar-refractivity contribution >= 4 is 121 Å². The summed E-state index contributed by atoms with van der Waals surface area (Å²) in [6, 6.07) is 18.0. The Morgan fingerprint density at radius 1 is 0.711 bits per heavy atom. The Balaban J connectivity index is 0.935. The van der Waals surface area contributed by atoms with Gasteiger partial charge in [-0.3, -0.25) is 24.0 Å². The molecule has 10 rings (SSSR count). The summed E-state index contributed by atoms with van der Waals surface area (Å²) in [6.07, 6.45) is 4.85. The second-order valence-electron chi connectivity index (χ2n) is 21.1. The van der Waals surface area contributed by atoms with Crippen LogP contribution in [0.25, 0.3) is 43.4 Å². The van der Waals surface area contributed by atoms with Gasteiger partial charge in [0.15, 0.2) is 5.82 Å². The minimum Gasteiger partial charge on any atom is -0.478 e. The van der Waals surface area contributed by atoms with Crippen LogP contribution in [0.15, 0.2) is 88.3 Å². The number of carboxylic acids is 1. The summed E-state index contributed by atoms with van der Waals surface area (Å²) < 4.78 is 11.4. The van der Waals surface area contributed by atoms with Gasteiger partial charge in [-0.05, 0) is 86.9 Å². The van der Waals surface area contributed by atoms with Gasteiger partial charge in [0.2, 0.25) is 11.8 Å². The maximum Gasteiger partial charge on any atom is 0.420 e. The number of thiazole rings is 6. The maximum absolute atomic E-state index is 14.4. The number of rotatable bonds is 25. The molecule has 9 aromatic rings. The first-order chi connectivity index (χ1) is 43.4. The van der Waals surface area contributed by atoms with E-state index in [1.807, 2.05) is 48.9 Å². The first kappa shape index (κ1) is 64.4. The van der Waals surface area contributed by atoms with Gasteiger partial charge in [-0.15, -0.1) is 68.0 Å². The van der Waals surface area contributed by atoms with Gasteiger partial charge in [0.25, 0.3) is 17.7 Å². The fourth-order valence-corrected chi connectivity index (χ4v) is 15.1. The molecule has 23 nitrogen and oxygen atoms in total. The molecule has 90 heavy (non-hydrogen) atoms.